The van der Waals surface area contributed by atoms with Crippen LogP contribution in [0.5, 0.6) is 0 Å². The van der Waals surface area contributed by atoms with Crippen molar-refractivity contribution in [1.82, 2.24) is 4.90 Å². The zero-order valence-corrected chi connectivity index (χ0v) is 16.6. The van der Waals surface area contributed by atoms with E-state index in [1.165, 1.54) is 0 Å². The molecule has 0 aromatic heterocycles. The number of likely N-dealkylation sites (tertiary alicyclic amines) is 1. The van der Waals surface area contributed by atoms with E-state index < -0.39 is 5.60 Å². The zero-order valence-electron chi connectivity index (χ0n) is 16.6. The second-order valence-electron chi connectivity index (χ2n) is 9.12. The summed E-state index contributed by atoms with van der Waals surface area (Å²) in [5, 5.41) is 0. The minimum atomic E-state index is -0.483. The third kappa shape index (κ3) is 4.60. The SMILES string of the molecule is CC1(C)COB(c2cccc(C3CCCN3C(=O)OC(C)(C)C)c2)OC1. The molecule has 2 aliphatic heterocycles. The number of benzene rings is 1. The van der Waals surface area contributed by atoms with Crippen molar-refractivity contribution in [3.05, 3.63) is 29.8 Å². The molecule has 0 N–H and O–H groups in total. The Morgan fingerprint density at radius 1 is 1.27 bits per heavy atom. The first-order valence-corrected chi connectivity index (χ1v) is 9.47. The molecule has 142 valence electrons. The standard InChI is InChI=1S/C20H30BNO4/c1-19(2,3)26-18(23)22-11-7-10-17(22)15-8-6-9-16(12-15)21-24-13-20(4,5)14-25-21/h6,8-9,12,17H,7,10-11,13-14H2,1-5H3. The summed E-state index contributed by atoms with van der Waals surface area (Å²) in [7, 11) is -0.334. The largest absolute Gasteiger partial charge is 0.493 e. The Morgan fingerprint density at radius 2 is 1.96 bits per heavy atom. The highest BCUT2D eigenvalue weighted by atomic mass is 16.6. The molecule has 1 atom stereocenters. The van der Waals surface area contributed by atoms with Crippen LogP contribution in [0.15, 0.2) is 24.3 Å². The van der Waals surface area contributed by atoms with Gasteiger partial charge >= 0.3 is 13.2 Å². The second-order valence-corrected chi connectivity index (χ2v) is 9.12. The molecule has 2 aliphatic rings. The Hall–Kier alpha value is -1.53. The quantitative estimate of drug-likeness (QED) is 0.758. The van der Waals surface area contributed by atoms with Gasteiger partial charge in [0.05, 0.1) is 6.04 Å². The lowest BCUT2D eigenvalue weighted by Crippen LogP contribution is -2.47. The lowest BCUT2D eigenvalue weighted by molar-refractivity contribution is 0.0224. The number of ether oxygens (including phenoxy) is 1. The molecule has 5 nitrogen and oxygen atoms in total. The monoisotopic (exact) mass is 359 g/mol. The van der Waals surface area contributed by atoms with E-state index >= 15 is 0 Å². The number of amides is 1. The highest BCUT2D eigenvalue weighted by molar-refractivity contribution is 6.61. The average Bonchev–Trinajstić information content (AvgIpc) is 3.03. The Morgan fingerprint density at radius 3 is 2.62 bits per heavy atom. The van der Waals surface area contributed by atoms with Crippen molar-refractivity contribution in [2.24, 2.45) is 5.41 Å². The van der Waals surface area contributed by atoms with Crippen LogP contribution in [0.2, 0.25) is 0 Å². The van der Waals surface area contributed by atoms with Crippen molar-refractivity contribution in [2.75, 3.05) is 19.8 Å². The maximum atomic E-state index is 12.6. The summed E-state index contributed by atoms with van der Waals surface area (Å²) in [6.07, 6.45) is 1.69. The van der Waals surface area contributed by atoms with Crippen LogP contribution < -0.4 is 5.46 Å². The number of carbonyl (C=O) groups excluding carboxylic acids is 1. The Labute approximate surface area is 157 Å². The first kappa shape index (κ1) is 19.2. The van der Waals surface area contributed by atoms with E-state index in [-0.39, 0.29) is 24.7 Å². The molecular formula is C20H30BNO4. The molecule has 1 amide bonds. The number of carbonyl (C=O) groups is 1. The van der Waals surface area contributed by atoms with E-state index in [0.29, 0.717) is 13.2 Å². The molecule has 3 rings (SSSR count). The van der Waals surface area contributed by atoms with Crippen LogP contribution in [-0.2, 0) is 14.0 Å². The number of nitrogens with zero attached hydrogens (tertiary/aromatic N) is 1. The van der Waals surface area contributed by atoms with Gasteiger partial charge in [-0.1, -0.05) is 38.1 Å². The summed E-state index contributed by atoms with van der Waals surface area (Å²) < 4.78 is 17.4. The lowest BCUT2D eigenvalue weighted by Gasteiger charge is -2.33. The molecule has 0 aliphatic carbocycles. The van der Waals surface area contributed by atoms with Gasteiger partial charge in [-0.05, 0) is 44.6 Å². The van der Waals surface area contributed by atoms with Crippen molar-refractivity contribution >= 4 is 18.7 Å². The van der Waals surface area contributed by atoms with Crippen LogP contribution in [0.4, 0.5) is 4.79 Å². The third-order valence-corrected chi connectivity index (χ3v) is 4.70. The highest BCUT2D eigenvalue weighted by Gasteiger charge is 2.36. The topological polar surface area (TPSA) is 48.0 Å². The maximum absolute atomic E-state index is 12.6. The smallest absolute Gasteiger partial charge is 0.444 e. The van der Waals surface area contributed by atoms with Gasteiger partial charge in [-0.3, -0.25) is 0 Å². The molecule has 2 saturated heterocycles. The predicted molar refractivity (Wildman–Crippen MR) is 102 cm³/mol. The van der Waals surface area contributed by atoms with Crippen LogP contribution in [-0.4, -0.2) is 43.5 Å². The first-order valence-electron chi connectivity index (χ1n) is 9.47. The molecule has 1 unspecified atom stereocenters. The number of rotatable bonds is 2. The number of hydrogen-bond donors (Lipinski definition) is 0. The first-order chi connectivity index (χ1) is 12.1. The molecule has 6 heteroatoms. The Balaban J connectivity index is 1.74. The molecule has 26 heavy (non-hydrogen) atoms. The fourth-order valence-electron chi connectivity index (χ4n) is 3.45. The maximum Gasteiger partial charge on any atom is 0.493 e. The van der Waals surface area contributed by atoms with Crippen molar-refractivity contribution in [1.29, 1.82) is 0 Å². The van der Waals surface area contributed by atoms with Gasteiger partial charge in [0.15, 0.2) is 0 Å². The molecule has 2 heterocycles. The summed E-state index contributed by atoms with van der Waals surface area (Å²) in [6.45, 7) is 12.1. The number of hydrogen-bond acceptors (Lipinski definition) is 4. The fraction of sp³-hybridized carbons (Fsp3) is 0.650. The molecule has 1 aromatic rings. The average molecular weight is 359 g/mol. The molecular weight excluding hydrogens is 329 g/mol. The molecule has 2 fully saturated rings. The highest BCUT2D eigenvalue weighted by Crippen LogP contribution is 2.33. The summed E-state index contributed by atoms with van der Waals surface area (Å²) in [5.74, 6) is 0. The van der Waals surface area contributed by atoms with Gasteiger partial charge in [-0.25, -0.2) is 4.79 Å². The lowest BCUT2D eigenvalue weighted by atomic mass is 9.75. The van der Waals surface area contributed by atoms with Gasteiger partial charge in [0.25, 0.3) is 0 Å². The van der Waals surface area contributed by atoms with Gasteiger partial charge in [-0.15, -0.1) is 0 Å². The van der Waals surface area contributed by atoms with E-state index in [0.717, 1.165) is 30.4 Å². The van der Waals surface area contributed by atoms with Crippen molar-refractivity contribution in [3.8, 4) is 0 Å². The molecule has 0 saturated carbocycles. The Bertz CT molecular complexity index is 645. The van der Waals surface area contributed by atoms with Crippen LogP contribution in [0.1, 0.15) is 59.1 Å². The third-order valence-electron chi connectivity index (χ3n) is 4.70. The van der Waals surface area contributed by atoms with Crippen molar-refractivity contribution < 1.29 is 18.8 Å². The Kier molecular flexibility index (Phi) is 5.36. The van der Waals surface area contributed by atoms with Crippen LogP contribution in [0, 0.1) is 5.41 Å². The fourth-order valence-corrected chi connectivity index (χ4v) is 3.45. The predicted octanol–water partition coefficient (Wildman–Crippen LogP) is 3.53. The zero-order chi connectivity index (χ0) is 18.9. The van der Waals surface area contributed by atoms with Gasteiger partial charge in [-0.2, -0.15) is 0 Å². The summed E-state index contributed by atoms with van der Waals surface area (Å²) in [4.78, 5) is 14.4. The van der Waals surface area contributed by atoms with Gasteiger partial charge in [0.2, 0.25) is 0 Å². The molecule has 0 spiro atoms. The second kappa shape index (κ2) is 7.24. The van der Waals surface area contributed by atoms with Gasteiger partial charge < -0.3 is 18.9 Å². The van der Waals surface area contributed by atoms with E-state index in [9.17, 15) is 4.79 Å². The van der Waals surface area contributed by atoms with Crippen molar-refractivity contribution in [2.45, 2.75) is 59.1 Å². The minimum Gasteiger partial charge on any atom is -0.444 e. The summed E-state index contributed by atoms with van der Waals surface area (Å²) in [6, 6.07) is 8.27. The summed E-state index contributed by atoms with van der Waals surface area (Å²) >= 11 is 0. The summed E-state index contributed by atoms with van der Waals surface area (Å²) in [5.41, 5.74) is 1.69. The van der Waals surface area contributed by atoms with Gasteiger partial charge in [0, 0.05) is 25.2 Å². The van der Waals surface area contributed by atoms with Crippen LogP contribution in [0.25, 0.3) is 0 Å². The molecule has 0 bridgehead atoms. The van der Waals surface area contributed by atoms with E-state index in [1.54, 1.807) is 0 Å². The van der Waals surface area contributed by atoms with Gasteiger partial charge in [0.1, 0.15) is 5.60 Å². The normalized spacial score (nSPS) is 23.2. The molecule has 0 radical (unpaired) electrons. The van der Waals surface area contributed by atoms with E-state index in [4.69, 9.17) is 14.0 Å². The molecule has 1 aromatic carbocycles. The van der Waals surface area contributed by atoms with E-state index in [1.807, 2.05) is 37.8 Å². The minimum absolute atomic E-state index is 0.0461. The van der Waals surface area contributed by atoms with Crippen LogP contribution in [0.3, 0.4) is 0 Å². The van der Waals surface area contributed by atoms with Crippen LogP contribution >= 0.6 is 0 Å². The van der Waals surface area contributed by atoms with Crippen molar-refractivity contribution in [3.63, 3.8) is 0 Å². The van der Waals surface area contributed by atoms with E-state index in [2.05, 4.69) is 26.0 Å².